The van der Waals surface area contributed by atoms with Crippen molar-refractivity contribution in [2.75, 3.05) is 25.3 Å². The maximum atomic E-state index is 12.7. The van der Waals surface area contributed by atoms with Crippen LogP contribution in [0.15, 0.2) is 36.4 Å². The Morgan fingerprint density at radius 2 is 1.68 bits per heavy atom. The van der Waals surface area contributed by atoms with Gasteiger partial charge in [-0.15, -0.1) is 0 Å². The number of benzene rings is 2. The molecule has 10 heteroatoms. The van der Waals surface area contributed by atoms with Gasteiger partial charge in [-0.2, -0.15) is 0 Å². The molecule has 1 saturated heterocycles. The van der Waals surface area contributed by atoms with Crippen molar-refractivity contribution in [1.82, 2.24) is 10.2 Å². The fourth-order valence-electron chi connectivity index (χ4n) is 3.61. The Morgan fingerprint density at radius 1 is 0.968 bits per heavy atom. The third kappa shape index (κ3) is 3.79. The van der Waals surface area contributed by atoms with E-state index in [2.05, 4.69) is 10.6 Å². The Bertz CT molecular complexity index is 1070. The first-order valence-electron chi connectivity index (χ1n) is 9.77. The molecule has 160 valence electrons. The highest BCUT2D eigenvalue weighted by atomic mass is 16.7. The first-order valence-corrected chi connectivity index (χ1v) is 9.77. The average Bonchev–Trinajstić information content (AvgIpc) is 3.33. The summed E-state index contributed by atoms with van der Waals surface area (Å²) in [5, 5.41) is 5.29. The molecule has 3 heterocycles. The number of urea groups is 1. The highest BCUT2D eigenvalue weighted by molar-refractivity contribution is 6.06. The maximum Gasteiger partial charge on any atom is 0.325 e. The summed E-state index contributed by atoms with van der Waals surface area (Å²) in [6.45, 7) is 1.13. The van der Waals surface area contributed by atoms with Gasteiger partial charge in [-0.3, -0.25) is 14.5 Å². The van der Waals surface area contributed by atoms with E-state index in [1.165, 1.54) is 0 Å². The molecule has 0 unspecified atom stereocenters. The predicted molar refractivity (Wildman–Crippen MR) is 106 cm³/mol. The fraction of sp³-hybridized carbons (Fsp3) is 0.286. The van der Waals surface area contributed by atoms with Crippen molar-refractivity contribution in [3.8, 4) is 23.0 Å². The number of carbonyl (C=O) groups excluding carboxylic acids is 3. The van der Waals surface area contributed by atoms with E-state index in [0.29, 0.717) is 47.5 Å². The van der Waals surface area contributed by atoms with E-state index in [0.717, 1.165) is 4.90 Å². The molecule has 2 N–H and O–H groups in total. The van der Waals surface area contributed by atoms with E-state index in [1.807, 2.05) is 0 Å². The standard InChI is InChI=1S/C21H19N3O7/c25-19(22-13-2-4-15-18(8-13)29-6-5-28-15)9-14-20(26)24(21(27)23-14)10-12-1-3-16-17(7-12)31-11-30-16/h1-4,7-8,14H,5-6,9-11H2,(H,22,25)(H,23,27)/t14-/m0/s1. The van der Waals surface area contributed by atoms with Crippen LogP contribution in [0.3, 0.4) is 0 Å². The molecule has 1 fully saturated rings. The van der Waals surface area contributed by atoms with Gasteiger partial charge in [0.15, 0.2) is 23.0 Å². The van der Waals surface area contributed by atoms with Gasteiger partial charge in [-0.1, -0.05) is 6.07 Å². The summed E-state index contributed by atoms with van der Waals surface area (Å²) in [5.41, 5.74) is 1.23. The van der Waals surface area contributed by atoms with Gasteiger partial charge in [0.05, 0.1) is 13.0 Å². The van der Waals surface area contributed by atoms with Crippen molar-refractivity contribution in [3.63, 3.8) is 0 Å². The molecule has 2 aromatic carbocycles. The normalized spacial score (nSPS) is 18.7. The Kier molecular flexibility index (Phi) is 4.73. The molecule has 0 aromatic heterocycles. The van der Waals surface area contributed by atoms with Crippen LogP contribution in [0.1, 0.15) is 12.0 Å². The summed E-state index contributed by atoms with van der Waals surface area (Å²) in [6.07, 6.45) is -0.184. The zero-order valence-electron chi connectivity index (χ0n) is 16.4. The highest BCUT2D eigenvalue weighted by Crippen LogP contribution is 2.34. The number of fused-ring (bicyclic) bond motifs is 2. The molecular formula is C21H19N3O7. The molecule has 10 nitrogen and oxygen atoms in total. The summed E-state index contributed by atoms with van der Waals surface area (Å²) in [5.74, 6) is 1.49. The van der Waals surface area contributed by atoms with E-state index < -0.39 is 23.9 Å². The summed E-state index contributed by atoms with van der Waals surface area (Å²) in [6, 6.07) is 8.80. The van der Waals surface area contributed by atoms with Crippen LogP contribution in [0.25, 0.3) is 0 Å². The molecular weight excluding hydrogens is 406 g/mol. The average molecular weight is 425 g/mol. The molecule has 31 heavy (non-hydrogen) atoms. The highest BCUT2D eigenvalue weighted by Gasteiger charge is 2.39. The Morgan fingerprint density at radius 3 is 2.55 bits per heavy atom. The van der Waals surface area contributed by atoms with Gasteiger partial charge < -0.3 is 29.6 Å². The lowest BCUT2D eigenvalue weighted by Gasteiger charge is -2.19. The van der Waals surface area contributed by atoms with Crippen LogP contribution < -0.4 is 29.6 Å². The SMILES string of the molecule is O=C(C[C@@H]1NC(=O)N(Cc2ccc3c(c2)OCO3)C1=O)Nc1ccc2c(c1)OCCO2. The van der Waals surface area contributed by atoms with Crippen LogP contribution in [-0.2, 0) is 16.1 Å². The molecule has 0 radical (unpaired) electrons. The van der Waals surface area contributed by atoms with Crippen molar-refractivity contribution < 1.29 is 33.3 Å². The topological polar surface area (TPSA) is 115 Å². The minimum absolute atomic E-state index is 0.0710. The quantitative estimate of drug-likeness (QED) is 0.700. The van der Waals surface area contributed by atoms with Crippen molar-refractivity contribution >= 4 is 23.5 Å². The van der Waals surface area contributed by atoms with Crippen LogP contribution in [0.2, 0.25) is 0 Å². The molecule has 4 amide bonds. The summed E-state index contributed by atoms with van der Waals surface area (Å²) >= 11 is 0. The Balaban J connectivity index is 1.21. The summed E-state index contributed by atoms with van der Waals surface area (Å²) in [4.78, 5) is 38.5. The Hall–Kier alpha value is -3.95. The monoisotopic (exact) mass is 425 g/mol. The van der Waals surface area contributed by atoms with Gasteiger partial charge in [0.1, 0.15) is 19.3 Å². The second kappa shape index (κ2) is 7.71. The predicted octanol–water partition coefficient (Wildman–Crippen LogP) is 1.64. The molecule has 5 rings (SSSR count). The minimum atomic E-state index is -0.932. The molecule has 3 aliphatic rings. The van der Waals surface area contributed by atoms with E-state index in [1.54, 1.807) is 36.4 Å². The molecule has 0 saturated carbocycles. The molecule has 0 spiro atoms. The van der Waals surface area contributed by atoms with Gasteiger partial charge in [-0.05, 0) is 29.8 Å². The Labute approximate surface area is 177 Å². The van der Waals surface area contributed by atoms with E-state index >= 15 is 0 Å². The van der Waals surface area contributed by atoms with Gasteiger partial charge in [0.2, 0.25) is 12.7 Å². The number of hydrogen-bond donors (Lipinski definition) is 2. The largest absolute Gasteiger partial charge is 0.486 e. The van der Waals surface area contributed by atoms with Crippen molar-refractivity contribution in [3.05, 3.63) is 42.0 Å². The lowest BCUT2D eigenvalue weighted by Crippen LogP contribution is -2.34. The van der Waals surface area contributed by atoms with E-state index in [-0.39, 0.29) is 19.8 Å². The van der Waals surface area contributed by atoms with E-state index in [4.69, 9.17) is 18.9 Å². The number of imide groups is 1. The zero-order chi connectivity index (χ0) is 21.4. The second-order valence-electron chi connectivity index (χ2n) is 7.22. The maximum absolute atomic E-state index is 12.7. The van der Waals surface area contributed by atoms with Crippen LogP contribution >= 0.6 is 0 Å². The van der Waals surface area contributed by atoms with Crippen molar-refractivity contribution in [1.29, 1.82) is 0 Å². The summed E-state index contributed by atoms with van der Waals surface area (Å²) < 4.78 is 21.5. The van der Waals surface area contributed by atoms with Gasteiger partial charge in [0, 0.05) is 11.8 Å². The molecule has 0 aliphatic carbocycles. The lowest BCUT2D eigenvalue weighted by molar-refractivity contribution is -0.130. The third-order valence-electron chi connectivity index (χ3n) is 5.10. The van der Waals surface area contributed by atoms with Gasteiger partial charge in [-0.25, -0.2) is 4.79 Å². The van der Waals surface area contributed by atoms with Crippen LogP contribution in [0.4, 0.5) is 10.5 Å². The van der Waals surface area contributed by atoms with Crippen molar-refractivity contribution in [2.45, 2.75) is 19.0 Å². The van der Waals surface area contributed by atoms with Crippen molar-refractivity contribution in [2.24, 2.45) is 0 Å². The molecule has 1 atom stereocenters. The number of nitrogens with one attached hydrogen (secondary N) is 2. The second-order valence-corrected chi connectivity index (χ2v) is 7.22. The first-order chi connectivity index (χ1) is 15.1. The van der Waals surface area contributed by atoms with Gasteiger partial charge >= 0.3 is 6.03 Å². The zero-order valence-corrected chi connectivity index (χ0v) is 16.4. The first kappa shape index (κ1) is 19.0. The number of amides is 4. The van der Waals surface area contributed by atoms with E-state index in [9.17, 15) is 14.4 Å². The smallest absolute Gasteiger partial charge is 0.325 e. The molecule has 3 aliphatic heterocycles. The third-order valence-corrected chi connectivity index (χ3v) is 5.10. The van der Waals surface area contributed by atoms with Crippen LogP contribution in [0.5, 0.6) is 23.0 Å². The molecule has 2 aromatic rings. The van der Waals surface area contributed by atoms with Gasteiger partial charge in [0.25, 0.3) is 5.91 Å². The minimum Gasteiger partial charge on any atom is -0.486 e. The van der Waals surface area contributed by atoms with Crippen LogP contribution in [-0.4, -0.2) is 48.8 Å². The number of ether oxygens (including phenoxy) is 4. The fourth-order valence-corrected chi connectivity index (χ4v) is 3.61. The van der Waals surface area contributed by atoms with Crippen LogP contribution in [0, 0.1) is 0 Å². The number of carbonyl (C=O) groups is 3. The number of anilines is 1. The summed E-state index contributed by atoms with van der Waals surface area (Å²) in [7, 11) is 0. The number of rotatable bonds is 5. The number of hydrogen-bond acceptors (Lipinski definition) is 7. The molecule has 0 bridgehead atoms. The lowest BCUT2D eigenvalue weighted by atomic mass is 10.1. The number of nitrogens with zero attached hydrogens (tertiary/aromatic N) is 1.